The Morgan fingerprint density at radius 2 is 2.04 bits per heavy atom. The van der Waals surface area contributed by atoms with Gasteiger partial charge < -0.3 is 10.6 Å². The molecule has 2 rings (SSSR count). The van der Waals surface area contributed by atoms with E-state index in [9.17, 15) is 9.59 Å². The fourth-order valence-electron chi connectivity index (χ4n) is 2.20. The Morgan fingerprint density at radius 3 is 2.72 bits per heavy atom. The Morgan fingerprint density at radius 1 is 1.24 bits per heavy atom. The maximum Gasteiger partial charge on any atom is 0.253 e. The maximum atomic E-state index is 12.5. The van der Waals surface area contributed by atoms with Crippen LogP contribution in [0.15, 0.2) is 53.3 Å². The van der Waals surface area contributed by atoms with Gasteiger partial charge >= 0.3 is 0 Å². The zero-order valence-corrected chi connectivity index (χ0v) is 16.3. The Bertz CT molecular complexity index is 712. The molecule has 0 aliphatic heterocycles. The lowest BCUT2D eigenvalue weighted by Gasteiger charge is -2.18. The summed E-state index contributed by atoms with van der Waals surface area (Å²) in [7, 11) is 0. The molecule has 25 heavy (non-hydrogen) atoms. The summed E-state index contributed by atoms with van der Waals surface area (Å²) in [5, 5.41) is 5.70. The first-order valence-corrected chi connectivity index (χ1v) is 10.0. The second kappa shape index (κ2) is 10.2. The summed E-state index contributed by atoms with van der Waals surface area (Å²) in [6.45, 7) is 0.382. The van der Waals surface area contributed by atoms with E-state index < -0.39 is 6.04 Å². The van der Waals surface area contributed by atoms with Gasteiger partial charge in [-0.05, 0) is 58.1 Å². The number of nitrogens with zero attached hydrogens (tertiary/aromatic N) is 1. The van der Waals surface area contributed by atoms with E-state index in [-0.39, 0.29) is 11.8 Å². The van der Waals surface area contributed by atoms with Gasteiger partial charge in [0.05, 0.1) is 5.56 Å². The summed E-state index contributed by atoms with van der Waals surface area (Å²) in [6, 6.07) is 10.3. The molecule has 0 spiro atoms. The fraction of sp³-hybridized carbons (Fsp3) is 0.278. The lowest BCUT2D eigenvalue weighted by molar-refractivity contribution is -0.123. The number of carbonyl (C=O) groups excluding carboxylic acids is 2. The first kappa shape index (κ1) is 19.5. The zero-order chi connectivity index (χ0) is 18.1. The van der Waals surface area contributed by atoms with E-state index in [0.29, 0.717) is 23.0 Å². The minimum atomic E-state index is -0.580. The van der Waals surface area contributed by atoms with Crippen molar-refractivity contribution in [1.82, 2.24) is 15.6 Å². The van der Waals surface area contributed by atoms with Gasteiger partial charge in [-0.25, -0.2) is 0 Å². The smallest absolute Gasteiger partial charge is 0.253 e. The zero-order valence-electron chi connectivity index (χ0n) is 13.9. The van der Waals surface area contributed by atoms with E-state index in [4.69, 9.17) is 0 Å². The Labute approximate surface area is 160 Å². The highest BCUT2D eigenvalue weighted by Crippen LogP contribution is 2.16. The summed E-state index contributed by atoms with van der Waals surface area (Å²) in [5.74, 6) is 0.315. The lowest BCUT2D eigenvalue weighted by atomic mass is 10.1. The topological polar surface area (TPSA) is 71.1 Å². The second-order valence-electron chi connectivity index (χ2n) is 5.37. The standard InChI is InChI=1S/C18H20BrN3O2S/c1-25-10-8-16(18(24)21-12-13-5-4-9-20-11-13)22-17(23)14-6-2-3-7-15(14)19/h2-7,9,11,16H,8,10,12H2,1H3,(H,21,24)(H,22,23). The molecule has 0 saturated carbocycles. The lowest BCUT2D eigenvalue weighted by Crippen LogP contribution is -2.47. The predicted octanol–water partition coefficient (Wildman–Crippen LogP) is 3.01. The van der Waals surface area contributed by atoms with Crippen LogP contribution in [0.2, 0.25) is 0 Å². The molecule has 0 bridgehead atoms. The summed E-state index contributed by atoms with van der Waals surface area (Å²) >= 11 is 5.00. The van der Waals surface area contributed by atoms with Crippen LogP contribution in [0.1, 0.15) is 22.3 Å². The first-order valence-electron chi connectivity index (χ1n) is 7.82. The minimum Gasteiger partial charge on any atom is -0.350 e. The van der Waals surface area contributed by atoms with E-state index in [2.05, 4.69) is 31.5 Å². The van der Waals surface area contributed by atoms with Gasteiger partial charge in [0.1, 0.15) is 6.04 Å². The third kappa shape index (κ3) is 6.17. The van der Waals surface area contributed by atoms with Crippen LogP contribution in [0.5, 0.6) is 0 Å². The van der Waals surface area contributed by atoms with Crippen molar-refractivity contribution in [2.24, 2.45) is 0 Å². The highest BCUT2D eigenvalue weighted by molar-refractivity contribution is 9.10. The molecular weight excluding hydrogens is 402 g/mol. The van der Waals surface area contributed by atoms with E-state index in [1.165, 1.54) is 0 Å². The molecule has 0 aliphatic rings. The summed E-state index contributed by atoms with van der Waals surface area (Å²) in [4.78, 5) is 29.0. The molecule has 0 radical (unpaired) electrons. The van der Waals surface area contributed by atoms with Gasteiger partial charge in [-0.2, -0.15) is 11.8 Å². The number of rotatable bonds is 8. The average molecular weight is 422 g/mol. The number of aromatic nitrogens is 1. The molecule has 2 N–H and O–H groups in total. The monoisotopic (exact) mass is 421 g/mol. The highest BCUT2D eigenvalue weighted by Gasteiger charge is 2.21. The van der Waals surface area contributed by atoms with Gasteiger partial charge in [-0.15, -0.1) is 0 Å². The summed E-state index contributed by atoms with van der Waals surface area (Å²) < 4.78 is 0.701. The molecule has 132 valence electrons. The van der Waals surface area contributed by atoms with Crippen molar-refractivity contribution in [3.63, 3.8) is 0 Å². The van der Waals surface area contributed by atoms with Crippen LogP contribution in [0.3, 0.4) is 0 Å². The van der Waals surface area contributed by atoms with Crippen LogP contribution < -0.4 is 10.6 Å². The molecule has 1 heterocycles. The molecular formula is C18H20BrN3O2S. The number of benzene rings is 1. The molecule has 1 atom stereocenters. The van der Waals surface area contributed by atoms with Crippen LogP contribution in [-0.2, 0) is 11.3 Å². The molecule has 2 aromatic rings. The van der Waals surface area contributed by atoms with Crippen molar-refractivity contribution in [2.75, 3.05) is 12.0 Å². The third-order valence-electron chi connectivity index (χ3n) is 3.54. The number of amides is 2. The van der Waals surface area contributed by atoms with Crippen LogP contribution >= 0.6 is 27.7 Å². The molecule has 1 aromatic heterocycles. The van der Waals surface area contributed by atoms with E-state index in [1.807, 2.05) is 24.5 Å². The Kier molecular flexibility index (Phi) is 7.94. The van der Waals surface area contributed by atoms with Crippen molar-refractivity contribution in [2.45, 2.75) is 19.0 Å². The van der Waals surface area contributed by atoms with Gasteiger partial charge in [0.25, 0.3) is 5.91 Å². The van der Waals surface area contributed by atoms with Crippen LogP contribution in [0.4, 0.5) is 0 Å². The van der Waals surface area contributed by atoms with Crippen molar-refractivity contribution in [3.05, 3.63) is 64.4 Å². The van der Waals surface area contributed by atoms with E-state index in [1.54, 1.807) is 42.4 Å². The number of nitrogens with one attached hydrogen (secondary N) is 2. The van der Waals surface area contributed by atoms with E-state index in [0.717, 1.165) is 11.3 Å². The van der Waals surface area contributed by atoms with Crippen LogP contribution in [0.25, 0.3) is 0 Å². The number of carbonyl (C=O) groups is 2. The fourth-order valence-corrected chi connectivity index (χ4v) is 3.14. The Balaban J connectivity index is 2.00. The number of hydrogen-bond donors (Lipinski definition) is 2. The normalized spacial score (nSPS) is 11.6. The van der Waals surface area contributed by atoms with Gasteiger partial charge in [-0.1, -0.05) is 18.2 Å². The van der Waals surface area contributed by atoms with Gasteiger partial charge in [-0.3, -0.25) is 14.6 Å². The number of hydrogen-bond acceptors (Lipinski definition) is 4. The van der Waals surface area contributed by atoms with Crippen molar-refractivity contribution < 1.29 is 9.59 Å². The minimum absolute atomic E-state index is 0.196. The van der Waals surface area contributed by atoms with Crippen molar-refractivity contribution >= 4 is 39.5 Å². The number of pyridine rings is 1. The quantitative estimate of drug-likeness (QED) is 0.686. The first-order chi connectivity index (χ1) is 12.1. The number of thioether (sulfide) groups is 1. The maximum absolute atomic E-state index is 12.5. The molecule has 2 amide bonds. The average Bonchev–Trinajstić information content (AvgIpc) is 2.64. The summed E-state index contributed by atoms with van der Waals surface area (Å²) in [6.07, 6.45) is 5.93. The van der Waals surface area contributed by atoms with Gasteiger partial charge in [0.15, 0.2) is 0 Å². The van der Waals surface area contributed by atoms with Crippen molar-refractivity contribution in [1.29, 1.82) is 0 Å². The molecule has 7 heteroatoms. The second-order valence-corrected chi connectivity index (χ2v) is 7.21. The van der Waals surface area contributed by atoms with Crippen LogP contribution in [-0.4, -0.2) is 34.8 Å². The number of halogens is 1. The molecule has 0 fully saturated rings. The molecule has 1 unspecified atom stereocenters. The van der Waals surface area contributed by atoms with Crippen LogP contribution in [0, 0.1) is 0 Å². The largest absolute Gasteiger partial charge is 0.350 e. The Hall–Kier alpha value is -1.86. The van der Waals surface area contributed by atoms with Crippen molar-refractivity contribution in [3.8, 4) is 0 Å². The highest BCUT2D eigenvalue weighted by atomic mass is 79.9. The SMILES string of the molecule is CSCCC(NC(=O)c1ccccc1Br)C(=O)NCc1cccnc1. The summed E-state index contributed by atoms with van der Waals surface area (Å²) in [5.41, 5.74) is 1.42. The molecule has 0 saturated heterocycles. The van der Waals surface area contributed by atoms with Gasteiger partial charge in [0, 0.05) is 23.4 Å². The van der Waals surface area contributed by atoms with Gasteiger partial charge in [0.2, 0.25) is 5.91 Å². The predicted molar refractivity (Wildman–Crippen MR) is 104 cm³/mol. The molecule has 5 nitrogen and oxygen atoms in total. The van der Waals surface area contributed by atoms with E-state index >= 15 is 0 Å². The third-order valence-corrected chi connectivity index (χ3v) is 4.88. The molecule has 1 aromatic carbocycles. The molecule has 0 aliphatic carbocycles.